The largest absolute Gasteiger partial charge is 0.380 e. The molecule has 0 unspecified atom stereocenters. The molecular weight excluding hydrogens is 216 g/mol. The molecule has 17 heavy (non-hydrogen) atoms. The molecule has 1 aliphatic carbocycles. The molecule has 0 saturated heterocycles. The van der Waals surface area contributed by atoms with Crippen LogP contribution in [0.3, 0.4) is 0 Å². The number of rotatable bonds is 9. The van der Waals surface area contributed by atoms with E-state index in [-0.39, 0.29) is 5.91 Å². The molecule has 0 aromatic rings. The fraction of sp³-hybridized carbons (Fsp3) is 0.923. The van der Waals surface area contributed by atoms with Gasteiger partial charge in [-0.2, -0.15) is 0 Å². The Balaban J connectivity index is 1.87. The fourth-order valence-corrected chi connectivity index (χ4v) is 2.04. The maximum absolute atomic E-state index is 11.5. The van der Waals surface area contributed by atoms with Crippen molar-refractivity contribution < 1.29 is 9.53 Å². The number of nitrogens with one attached hydrogen (secondary N) is 2. The Morgan fingerprint density at radius 2 is 2.06 bits per heavy atom. The maximum Gasteiger partial charge on any atom is 0.234 e. The number of amides is 1. The number of carbonyl (C=O) groups excluding carboxylic acids is 1. The van der Waals surface area contributed by atoms with E-state index in [4.69, 9.17) is 4.74 Å². The Labute approximate surface area is 104 Å². The van der Waals surface area contributed by atoms with Crippen LogP contribution >= 0.6 is 0 Å². The van der Waals surface area contributed by atoms with Gasteiger partial charge in [0.25, 0.3) is 0 Å². The quantitative estimate of drug-likeness (QED) is 0.602. The molecule has 2 N–H and O–H groups in total. The summed E-state index contributed by atoms with van der Waals surface area (Å²) in [7, 11) is 0. The molecule has 4 heteroatoms. The highest BCUT2D eigenvalue weighted by Gasteiger charge is 2.14. The topological polar surface area (TPSA) is 50.4 Å². The Morgan fingerprint density at radius 1 is 1.29 bits per heavy atom. The van der Waals surface area contributed by atoms with Gasteiger partial charge in [0, 0.05) is 19.2 Å². The first-order chi connectivity index (χ1) is 8.33. The van der Waals surface area contributed by atoms with E-state index in [0.717, 1.165) is 19.4 Å². The van der Waals surface area contributed by atoms with Crippen molar-refractivity contribution in [1.29, 1.82) is 0 Å². The molecule has 0 aliphatic heterocycles. The molecule has 0 aromatic heterocycles. The van der Waals surface area contributed by atoms with Gasteiger partial charge in [-0.25, -0.2) is 0 Å². The second-order valence-corrected chi connectivity index (χ2v) is 4.68. The van der Waals surface area contributed by atoms with Crippen LogP contribution in [-0.2, 0) is 9.53 Å². The number of carbonyl (C=O) groups is 1. The monoisotopic (exact) mass is 242 g/mol. The molecule has 4 nitrogen and oxygen atoms in total. The van der Waals surface area contributed by atoms with E-state index in [1.54, 1.807) is 0 Å². The number of ether oxygens (including phenoxy) is 1. The first-order valence-electron chi connectivity index (χ1n) is 6.90. The molecule has 0 aromatic carbocycles. The minimum atomic E-state index is 0.0796. The summed E-state index contributed by atoms with van der Waals surface area (Å²) in [5.74, 6) is 0.0796. The molecule has 1 aliphatic rings. The van der Waals surface area contributed by atoms with Gasteiger partial charge in [-0.15, -0.1) is 0 Å². The lowest BCUT2D eigenvalue weighted by Gasteiger charge is -2.11. The van der Waals surface area contributed by atoms with Gasteiger partial charge in [0.05, 0.1) is 13.2 Å². The predicted molar refractivity (Wildman–Crippen MR) is 69.0 cm³/mol. The summed E-state index contributed by atoms with van der Waals surface area (Å²) in [6, 6.07) is 0.557. The van der Waals surface area contributed by atoms with Crippen LogP contribution in [0.15, 0.2) is 0 Å². The summed E-state index contributed by atoms with van der Waals surface area (Å²) in [6.07, 6.45) is 7.27. The van der Waals surface area contributed by atoms with Crippen LogP contribution in [0.1, 0.15) is 45.4 Å². The third-order valence-electron chi connectivity index (χ3n) is 3.12. The zero-order chi connectivity index (χ0) is 12.3. The van der Waals surface area contributed by atoms with E-state index >= 15 is 0 Å². The van der Waals surface area contributed by atoms with Crippen LogP contribution in [0, 0.1) is 0 Å². The predicted octanol–water partition coefficient (Wildman–Crippen LogP) is 1.45. The summed E-state index contributed by atoms with van der Waals surface area (Å²) >= 11 is 0. The maximum atomic E-state index is 11.5. The van der Waals surface area contributed by atoms with Crippen LogP contribution < -0.4 is 10.6 Å². The van der Waals surface area contributed by atoms with E-state index in [1.807, 2.05) is 0 Å². The molecular formula is C13H26N2O2. The average Bonchev–Trinajstić information content (AvgIpc) is 2.84. The van der Waals surface area contributed by atoms with Crippen LogP contribution in [0.2, 0.25) is 0 Å². The lowest BCUT2D eigenvalue weighted by atomic mass is 10.2. The van der Waals surface area contributed by atoms with Crippen molar-refractivity contribution in [3.63, 3.8) is 0 Å². The van der Waals surface area contributed by atoms with Crippen LogP contribution in [0.5, 0.6) is 0 Å². The molecule has 1 saturated carbocycles. The first kappa shape index (κ1) is 14.5. The van der Waals surface area contributed by atoms with Crippen molar-refractivity contribution in [3.05, 3.63) is 0 Å². The van der Waals surface area contributed by atoms with E-state index in [2.05, 4.69) is 17.6 Å². The lowest BCUT2D eigenvalue weighted by Crippen LogP contribution is -2.39. The Kier molecular flexibility index (Phi) is 8.01. The highest BCUT2D eigenvalue weighted by molar-refractivity contribution is 5.77. The van der Waals surface area contributed by atoms with Crippen LogP contribution in [0.4, 0.5) is 0 Å². The Bertz CT molecular complexity index is 204. The van der Waals surface area contributed by atoms with E-state index in [9.17, 15) is 4.79 Å². The van der Waals surface area contributed by atoms with Crippen molar-refractivity contribution in [2.75, 3.05) is 26.3 Å². The standard InChI is InChI=1S/C13H26N2O2/c1-2-3-9-17-10-8-14-13(16)11-15-12-6-4-5-7-12/h12,15H,2-11H2,1H3,(H,14,16). The summed E-state index contributed by atoms with van der Waals surface area (Å²) in [6.45, 7) is 4.62. The smallest absolute Gasteiger partial charge is 0.234 e. The van der Waals surface area contributed by atoms with Crippen molar-refractivity contribution in [2.24, 2.45) is 0 Å². The van der Waals surface area contributed by atoms with Gasteiger partial charge in [0.1, 0.15) is 0 Å². The van der Waals surface area contributed by atoms with Gasteiger partial charge in [-0.05, 0) is 19.3 Å². The zero-order valence-electron chi connectivity index (χ0n) is 11.0. The second-order valence-electron chi connectivity index (χ2n) is 4.68. The Morgan fingerprint density at radius 3 is 2.76 bits per heavy atom. The highest BCUT2D eigenvalue weighted by atomic mass is 16.5. The number of unbranched alkanes of at least 4 members (excludes halogenated alkanes) is 1. The molecule has 1 fully saturated rings. The molecule has 1 rings (SSSR count). The van der Waals surface area contributed by atoms with E-state index < -0.39 is 0 Å². The van der Waals surface area contributed by atoms with Crippen molar-refractivity contribution in [1.82, 2.24) is 10.6 Å². The third-order valence-corrected chi connectivity index (χ3v) is 3.12. The Hall–Kier alpha value is -0.610. The van der Waals surface area contributed by atoms with Gasteiger partial charge in [0.15, 0.2) is 0 Å². The van der Waals surface area contributed by atoms with Gasteiger partial charge >= 0.3 is 0 Å². The van der Waals surface area contributed by atoms with Gasteiger partial charge < -0.3 is 15.4 Å². The minimum Gasteiger partial charge on any atom is -0.380 e. The number of hydrogen-bond donors (Lipinski definition) is 2. The molecule has 100 valence electrons. The first-order valence-corrected chi connectivity index (χ1v) is 6.90. The van der Waals surface area contributed by atoms with Crippen LogP contribution in [0.25, 0.3) is 0 Å². The molecule has 0 heterocycles. The minimum absolute atomic E-state index is 0.0796. The van der Waals surface area contributed by atoms with E-state index in [0.29, 0.717) is 25.7 Å². The molecule has 0 atom stereocenters. The van der Waals surface area contributed by atoms with Gasteiger partial charge in [-0.1, -0.05) is 26.2 Å². The van der Waals surface area contributed by atoms with Crippen molar-refractivity contribution in [3.8, 4) is 0 Å². The summed E-state index contributed by atoms with van der Waals surface area (Å²) in [5.41, 5.74) is 0. The normalized spacial score (nSPS) is 16.3. The molecule has 0 radical (unpaired) electrons. The highest BCUT2D eigenvalue weighted by Crippen LogP contribution is 2.17. The van der Waals surface area contributed by atoms with E-state index in [1.165, 1.54) is 25.7 Å². The summed E-state index contributed by atoms with van der Waals surface area (Å²) < 4.78 is 5.37. The number of hydrogen-bond acceptors (Lipinski definition) is 3. The van der Waals surface area contributed by atoms with Crippen LogP contribution in [-0.4, -0.2) is 38.3 Å². The van der Waals surface area contributed by atoms with Crippen molar-refractivity contribution in [2.45, 2.75) is 51.5 Å². The second kappa shape index (κ2) is 9.42. The van der Waals surface area contributed by atoms with Gasteiger partial charge in [0.2, 0.25) is 5.91 Å². The molecule has 0 spiro atoms. The summed E-state index contributed by atoms with van der Waals surface area (Å²) in [4.78, 5) is 11.5. The van der Waals surface area contributed by atoms with Gasteiger partial charge in [-0.3, -0.25) is 4.79 Å². The molecule has 1 amide bonds. The fourth-order valence-electron chi connectivity index (χ4n) is 2.04. The zero-order valence-corrected chi connectivity index (χ0v) is 11.0. The third kappa shape index (κ3) is 7.34. The lowest BCUT2D eigenvalue weighted by molar-refractivity contribution is -0.120. The SMILES string of the molecule is CCCCOCCNC(=O)CNC1CCCC1. The summed E-state index contributed by atoms with van der Waals surface area (Å²) in [5, 5.41) is 6.15. The molecule has 0 bridgehead atoms. The average molecular weight is 242 g/mol. The van der Waals surface area contributed by atoms with Crippen molar-refractivity contribution >= 4 is 5.91 Å².